The summed E-state index contributed by atoms with van der Waals surface area (Å²) < 4.78 is 5.11. The molecule has 1 aliphatic rings. The van der Waals surface area contributed by atoms with Crippen LogP contribution in [0.1, 0.15) is 40.2 Å². The van der Waals surface area contributed by atoms with E-state index in [1.807, 2.05) is 6.92 Å². The van der Waals surface area contributed by atoms with Gasteiger partial charge in [0.2, 0.25) is 0 Å². The first-order valence-electron chi connectivity index (χ1n) is 6.07. The molecule has 0 spiro atoms. The number of halogens is 1. The van der Waals surface area contributed by atoms with Crippen molar-refractivity contribution in [3.63, 3.8) is 0 Å². The number of rotatable bonds is 3. The van der Waals surface area contributed by atoms with Crippen LogP contribution in [0.3, 0.4) is 0 Å². The number of carbonyl (C=O) groups is 1. The van der Waals surface area contributed by atoms with E-state index in [0.29, 0.717) is 10.6 Å². The van der Waals surface area contributed by atoms with Gasteiger partial charge >= 0.3 is 5.97 Å². The molecule has 2 rings (SSSR count). The second kappa shape index (κ2) is 5.53. The van der Waals surface area contributed by atoms with E-state index in [9.17, 15) is 4.79 Å². The number of carbonyl (C=O) groups excluding carboxylic acids is 1. The van der Waals surface area contributed by atoms with E-state index in [1.165, 1.54) is 0 Å². The summed E-state index contributed by atoms with van der Waals surface area (Å²) in [6, 6.07) is 1.80. The Morgan fingerprint density at radius 1 is 1.50 bits per heavy atom. The van der Waals surface area contributed by atoms with Gasteiger partial charge in [-0.3, -0.25) is 4.98 Å². The number of fused-ring (bicyclic) bond motifs is 1. The molecule has 0 saturated heterocycles. The lowest BCUT2D eigenvalue weighted by atomic mass is 9.92. The molecule has 0 aliphatic heterocycles. The highest BCUT2D eigenvalue weighted by Gasteiger charge is 2.20. The molecule has 0 aromatic carbocycles. The molecule has 0 radical (unpaired) electrons. The van der Waals surface area contributed by atoms with Crippen molar-refractivity contribution in [1.29, 1.82) is 0 Å². The molecule has 96 valence electrons. The smallest absolute Gasteiger partial charge is 0.338 e. The molecule has 0 fully saturated rings. The lowest BCUT2D eigenvalue weighted by Crippen LogP contribution is -2.16. The Kier molecular flexibility index (Phi) is 4.02. The van der Waals surface area contributed by atoms with Crippen LogP contribution in [0, 0.1) is 6.92 Å². The maximum absolute atomic E-state index is 12.0. The van der Waals surface area contributed by atoms with Crippen LogP contribution in [0.4, 0.5) is 0 Å². The Morgan fingerprint density at radius 3 is 2.94 bits per heavy atom. The second-order valence-electron chi connectivity index (χ2n) is 4.54. The largest absolute Gasteiger partial charge is 0.456 e. The number of ether oxygens (including phenoxy) is 1. The molecule has 1 heterocycles. The number of pyridine rings is 1. The molecule has 4 heteroatoms. The van der Waals surface area contributed by atoms with Crippen molar-refractivity contribution < 1.29 is 9.53 Å². The van der Waals surface area contributed by atoms with Crippen LogP contribution in [-0.2, 0) is 17.6 Å². The van der Waals surface area contributed by atoms with Crippen molar-refractivity contribution in [3.8, 4) is 0 Å². The van der Waals surface area contributed by atoms with Gasteiger partial charge in [-0.05, 0) is 44.2 Å². The summed E-state index contributed by atoms with van der Waals surface area (Å²) in [5.41, 5.74) is 3.57. The van der Waals surface area contributed by atoms with Crippen LogP contribution in [0.15, 0.2) is 17.7 Å². The Labute approximate surface area is 112 Å². The predicted molar refractivity (Wildman–Crippen MR) is 70.9 cm³/mol. The maximum atomic E-state index is 12.0. The van der Waals surface area contributed by atoms with Crippen molar-refractivity contribution in [2.75, 3.05) is 6.61 Å². The number of nitrogens with zero attached hydrogens (tertiary/aromatic N) is 1. The van der Waals surface area contributed by atoms with Crippen LogP contribution < -0.4 is 0 Å². The normalized spacial score (nSPS) is 13.9. The quantitative estimate of drug-likeness (QED) is 0.788. The zero-order valence-electron chi connectivity index (χ0n) is 10.5. The highest BCUT2D eigenvalue weighted by Crippen LogP contribution is 2.24. The number of aryl methyl sites for hydroxylation is 2. The van der Waals surface area contributed by atoms with Crippen molar-refractivity contribution in [1.82, 2.24) is 4.98 Å². The van der Waals surface area contributed by atoms with Crippen LogP contribution in [-0.4, -0.2) is 17.6 Å². The molecule has 0 bridgehead atoms. The summed E-state index contributed by atoms with van der Waals surface area (Å²) in [6.07, 6.45) is 4.07. The van der Waals surface area contributed by atoms with E-state index < -0.39 is 0 Å². The Hall–Kier alpha value is -1.35. The van der Waals surface area contributed by atoms with Gasteiger partial charge in [0.25, 0.3) is 0 Å². The SMILES string of the molecule is C=C(Cl)COC(=O)c1cc(C)nc2c1CCCC2. The van der Waals surface area contributed by atoms with Gasteiger partial charge in [-0.15, -0.1) is 0 Å². The van der Waals surface area contributed by atoms with E-state index in [1.54, 1.807) is 6.07 Å². The third-order valence-electron chi connectivity index (χ3n) is 3.01. The van der Waals surface area contributed by atoms with E-state index in [0.717, 1.165) is 42.6 Å². The van der Waals surface area contributed by atoms with Gasteiger partial charge in [-0.1, -0.05) is 18.2 Å². The minimum Gasteiger partial charge on any atom is -0.456 e. The van der Waals surface area contributed by atoms with Crippen LogP contribution in [0.5, 0.6) is 0 Å². The third-order valence-corrected chi connectivity index (χ3v) is 3.12. The van der Waals surface area contributed by atoms with Gasteiger partial charge in [0.05, 0.1) is 5.56 Å². The van der Waals surface area contributed by atoms with Crippen LogP contribution in [0.25, 0.3) is 0 Å². The molecular weight excluding hydrogens is 250 g/mol. The predicted octanol–water partition coefficient (Wildman–Crippen LogP) is 3.18. The van der Waals surface area contributed by atoms with Crippen molar-refractivity contribution in [2.45, 2.75) is 32.6 Å². The minimum atomic E-state index is -0.333. The number of esters is 1. The zero-order valence-corrected chi connectivity index (χ0v) is 11.2. The molecule has 1 aliphatic carbocycles. The average Bonchev–Trinajstić information content (AvgIpc) is 2.34. The molecular formula is C14H16ClNO2. The van der Waals surface area contributed by atoms with Crippen LogP contribution in [0.2, 0.25) is 0 Å². The lowest BCUT2D eigenvalue weighted by molar-refractivity contribution is 0.0544. The maximum Gasteiger partial charge on any atom is 0.338 e. The first-order valence-corrected chi connectivity index (χ1v) is 6.45. The third kappa shape index (κ3) is 2.91. The summed E-state index contributed by atoms with van der Waals surface area (Å²) >= 11 is 5.60. The van der Waals surface area contributed by atoms with E-state index in [-0.39, 0.29) is 12.6 Å². The zero-order chi connectivity index (χ0) is 13.1. The van der Waals surface area contributed by atoms with Gasteiger partial charge in [0.1, 0.15) is 6.61 Å². The van der Waals surface area contributed by atoms with E-state index in [4.69, 9.17) is 16.3 Å². The fourth-order valence-electron chi connectivity index (χ4n) is 2.25. The summed E-state index contributed by atoms with van der Waals surface area (Å²) in [5, 5.41) is 0.322. The molecule has 18 heavy (non-hydrogen) atoms. The highest BCUT2D eigenvalue weighted by molar-refractivity contribution is 6.29. The Balaban J connectivity index is 2.28. The fraction of sp³-hybridized carbons (Fsp3) is 0.429. The molecule has 0 atom stereocenters. The number of hydrogen-bond acceptors (Lipinski definition) is 3. The fourth-order valence-corrected chi connectivity index (χ4v) is 2.30. The molecule has 0 amide bonds. The molecule has 1 aromatic rings. The highest BCUT2D eigenvalue weighted by atomic mass is 35.5. The van der Waals surface area contributed by atoms with Gasteiger partial charge < -0.3 is 4.74 Å². The van der Waals surface area contributed by atoms with Gasteiger partial charge in [0, 0.05) is 16.4 Å². The second-order valence-corrected chi connectivity index (χ2v) is 5.07. The first kappa shape index (κ1) is 13.1. The summed E-state index contributed by atoms with van der Waals surface area (Å²) in [4.78, 5) is 16.5. The Morgan fingerprint density at radius 2 is 2.22 bits per heavy atom. The van der Waals surface area contributed by atoms with Crippen molar-refractivity contribution >= 4 is 17.6 Å². The van der Waals surface area contributed by atoms with Gasteiger partial charge in [-0.2, -0.15) is 0 Å². The summed E-state index contributed by atoms with van der Waals surface area (Å²) in [6.45, 7) is 5.45. The average molecular weight is 266 g/mol. The lowest BCUT2D eigenvalue weighted by Gasteiger charge is -2.18. The van der Waals surface area contributed by atoms with Crippen LogP contribution >= 0.6 is 11.6 Å². The summed E-state index contributed by atoms with van der Waals surface area (Å²) in [5.74, 6) is -0.333. The molecule has 1 aromatic heterocycles. The number of aromatic nitrogens is 1. The Bertz CT molecular complexity index is 497. The molecule has 0 saturated carbocycles. The van der Waals surface area contributed by atoms with Gasteiger partial charge in [0.15, 0.2) is 0 Å². The minimum absolute atomic E-state index is 0.0521. The van der Waals surface area contributed by atoms with E-state index >= 15 is 0 Å². The first-order chi connectivity index (χ1) is 8.58. The van der Waals surface area contributed by atoms with Gasteiger partial charge in [-0.25, -0.2) is 4.79 Å². The molecule has 3 nitrogen and oxygen atoms in total. The van der Waals surface area contributed by atoms with Crippen molar-refractivity contribution in [2.24, 2.45) is 0 Å². The topological polar surface area (TPSA) is 39.2 Å². The monoisotopic (exact) mass is 265 g/mol. The summed E-state index contributed by atoms with van der Waals surface area (Å²) in [7, 11) is 0. The number of hydrogen-bond donors (Lipinski definition) is 0. The molecule has 0 unspecified atom stereocenters. The standard InChI is InChI=1S/C14H16ClNO2/c1-9(15)8-18-14(17)12-7-10(2)16-13-6-4-3-5-11(12)13/h7H,1,3-6,8H2,2H3. The molecule has 0 N–H and O–H groups in total. The van der Waals surface area contributed by atoms with Crippen molar-refractivity contribution in [3.05, 3.63) is 40.2 Å². The van der Waals surface area contributed by atoms with E-state index in [2.05, 4.69) is 11.6 Å².